The number of halogens is 1. The van der Waals surface area contributed by atoms with Crippen LogP contribution >= 0.6 is 11.6 Å². The fourth-order valence-corrected chi connectivity index (χ4v) is 2.68. The molecule has 0 aliphatic rings. The van der Waals surface area contributed by atoms with Crippen molar-refractivity contribution >= 4 is 23.2 Å². The number of rotatable bonds is 7. The van der Waals surface area contributed by atoms with Crippen molar-refractivity contribution in [1.29, 1.82) is 0 Å². The number of hydrogen-bond donors (Lipinski definition) is 1. The van der Waals surface area contributed by atoms with Crippen molar-refractivity contribution in [2.75, 3.05) is 5.32 Å². The van der Waals surface area contributed by atoms with Gasteiger partial charge in [0.05, 0.1) is 10.7 Å². The lowest BCUT2D eigenvalue weighted by Crippen LogP contribution is -2.32. The molecule has 1 atom stereocenters. The molecule has 3 aromatic rings. The smallest absolute Gasteiger partial charge is 0.265 e. The SMILES string of the molecule is CCC(Oc1ccccc1Cl)C(=O)Nc1ccccc1Oc1ccccc1. The second-order valence-corrected chi connectivity index (χ2v) is 6.25. The van der Waals surface area contributed by atoms with Crippen LogP contribution in [0.5, 0.6) is 17.2 Å². The Bertz CT molecular complexity index is 899. The lowest BCUT2D eigenvalue weighted by molar-refractivity contribution is -0.122. The summed E-state index contributed by atoms with van der Waals surface area (Å²) in [6, 6.07) is 23.8. The predicted octanol–water partition coefficient (Wildman–Crippen LogP) is 5.93. The molecule has 0 spiro atoms. The largest absolute Gasteiger partial charge is 0.479 e. The Morgan fingerprint density at radius 1 is 0.926 bits per heavy atom. The molecule has 1 N–H and O–H groups in total. The summed E-state index contributed by atoms with van der Waals surface area (Å²) in [5.41, 5.74) is 0.576. The number of para-hydroxylation sites is 4. The zero-order chi connectivity index (χ0) is 19.1. The first-order chi connectivity index (χ1) is 13.2. The number of nitrogens with one attached hydrogen (secondary N) is 1. The van der Waals surface area contributed by atoms with Crippen molar-refractivity contribution in [2.45, 2.75) is 19.4 Å². The summed E-state index contributed by atoms with van der Waals surface area (Å²) in [6.07, 6.45) is -0.173. The van der Waals surface area contributed by atoms with Crippen LogP contribution in [-0.2, 0) is 4.79 Å². The summed E-state index contributed by atoms with van der Waals surface area (Å²) in [5, 5.41) is 3.36. The maximum absolute atomic E-state index is 12.7. The van der Waals surface area contributed by atoms with Crippen LogP contribution in [0.1, 0.15) is 13.3 Å². The molecule has 4 nitrogen and oxygen atoms in total. The summed E-state index contributed by atoms with van der Waals surface area (Å²) < 4.78 is 11.7. The van der Waals surface area contributed by atoms with Gasteiger partial charge in [0, 0.05) is 0 Å². The average molecular weight is 382 g/mol. The zero-order valence-electron chi connectivity index (χ0n) is 14.9. The molecular weight excluding hydrogens is 362 g/mol. The molecular formula is C22H20ClNO3. The van der Waals surface area contributed by atoms with Crippen molar-refractivity contribution in [3.05, 3.63) is 83.9 Å². The monoisotopic (exact) mass is 381 g/mol. The van der Waals surface area contributed by atoms with Crippen LogP contribution in [0.25, 0.3) is 0 Å². The van der Waals surface area contributed by atoms with Crippen molar-refractivity contribution in [2.24, 2.45) is 0 Å². The van der Waals surface area contributed by atoms with E-state index < -0.39 is 6.10 Å². The summed E-state index contributed by atoms with van der Waals surface area (Å²) in [6.45, 7) is 1.88. The normalized spacial score (nSPS) is 11.5. The van der Waals surface area contributed by atoms with E-state index in [1.807, 2.05) is 61.5 Å². The van der Waals surface area contributed by atoms with Crippen molar-refractivity contribution in [1.82, 2.24) is 0 Å². The standard InChI is InChI=1S/C22H20ClNO3/c1-2-19(27-20-14-8-6-12-17(20)23)22(25)24-18-13-7-9-15-21(18)26-16-10-4-3-5-11-16/h3-15,19H,2H2,1H3,(H,24,25). The predicted molar refractivity (Wildman–Crippen MR) is 108 cm³/mol. The van der Waals surface area contributed by atoms with Crippen LogP contribution < -0.4 is 14.8 Å². The van der Waals surface area contributed by atoms with E-state index in [9.17, 15) is 4.79 Å². The van der Waals surface area contributed by atoms with Crippen molar-refractivity contribution in [3.63, 3.8) is 0 Å². The highest BCUT2D eigenvalue weighted by Crippen LogP contribution is 2.30. The highest BCUT2D eigenvalue weighted by Gasteiger charge is 2.21. The second-order valence-electron chi connectivity index (χ2n) is 5.85. The van der Waals surface area contributed by atoms with Gasteiger partial charge in [-0.3, -0.25) is 4.79 Å². The van der Waals surface area contributed by atoms with E-state index >= 15 is 0 Å². The van der Waals surface area contributed by atoms with Gasteiger partial charge in [0.2, 0.25) is 0 Å². The van der Waals surface area contributed by atoms with Crippen LogP contribution in [0.2, 0.25) is 5.02 Å². The maximum Gasteiger partial charge on any atom is 0.265 e. The van der Waals surface area contributed by atoms with Crippen molar-refractivity contribution < 1.29 is 14.3 Å². The number of amides is 1. The van der Waals surface area contributed by atoms with Gasteiger partial charge in [-0.1, -0.05) is 61.0 Å². The number of anilines is 1. The maximum atomic E-state index is 12.7. The molecule has 3 rings (SSSR count). The quantitative estimate of drug-likeness (QED) is 0.551. The number of ether oxygens (including phenoxy) is 2. The highest BCUT2D eigenvalue weighted by atomic mass is 35.5. The number of benzene rings is 3. The molecule has 5 heteroatoms. The summed E-state index contributed by atoms with van der Waals surface area (Å²) in [7, 11) is 0. The van der Waals surface area contributed by atoms with E-state index in [1.165, 1.54) is 0 Å². The molecule has 0 aliphatic carbocycles. The first kappa shape index (κ1) is 18.8. The Labute approximate surface area is 163 Å². The van der Waals surface area contributed by atoms with Gasteiger partial charge < -0.3 is 14.8 Å². The third kappa shape index (κ3) is 5.02. The van der Waals surface area contributed by atoms with Crippen LogP contribution in [-0.4, -0.2) is 12.0 Å². The van der Waals surface area contributed by atoms with E-state index in [-0.39, 0.29) is 5.91 Å². The molecule has 0 aromatic heterocycles. The number of hydrogen-bond acceptors (Lipinski definition) is 3. The van der Waals surface area contributed by atoms with E-state index in [2.05, 4.69) is 5.32 Å². The molecule has 0 bridgehead atoms. The molecule has 0 saturated heterocycles. The van der Waals surface area contributed by atoms with E-state index in [1.54, 1.807) is 24.3 Å². The van der Waals surface area contributed by atoms with Gasteiger partial charge in [-0.2, -0.15) is 0 Å². The van der Waals surface area contributed by atoms with E-state index in [4.69, 9.17) is 21.1 Å². The fraction of sp³-hybridized carbons (Fsp3) is 0.136. The van der Waals surface area contributed by atoms with Gasteiger partial charge in [-0.25, -0.2) is 0 Å². The minimum absolute atomic E-state index is 0.262. The highest BCUT2D eigenvalue weighted by molar-refractivity contribution is 6.32. The summed E-state index contributed by atoms with van der Waals surface area (Å²) >= 11 is 6.13. The Morgan fingerprint density at radius 2 is 1.56 bits per heavy atom. The molecule has 1 unspecified atom stereocenters. The summed E-state index contributed by atoms with van der Waals surface area (Å²) in [5.74, 6) is 1.47. The first-order valence-electron chi connectivity index (χ1n) is 8.71. The zero-order valence-corrected chi connectivity index (χ0v) is 15.6. The molecule has 0 radical (unpaired) electrons. The molecule has 0 saturated carbocycles. The second kappa shape index (κ2) is 9.10. The van der Waals surface area contributed by atoms with Crippen LogP contribution in [0, 0.1) is 0 Å². The van der Waals surface area contributed by atoms with Gasteiger partial charge in [0.1, 0.15) is 11.5 Å². The summed E-state index contributed by atoms with van der Waals surface area (Å²) in [4.78, 5) is 12.7. The Kier molecular flexibility index (Phi) is 6.34. The Hall–Kier alpha value is -2.98. The Morgan fingerprint density at radius 3 is 2.26 bits per heavy atom. The molecule has 0 heterocycles. The molecule has 3 aromatic carbocycles. The molecule has 1 amide bonds. The lowest BCUT2D eigenvalue weighted by Gasteiger charge is -2.19. The van der Waals surface area contributed by atoms with Gasteiger partial charge in [-0.15, -0.1) is 0 Å². The molecule has 27 heavy (non-hydrogen) atoms. The van der Waals surface area contributed by atoms with Crippen LogP contribution in [0.3, 0.4) is 0 Å². The molecule has 0 fully saturated rings. The topological polar surface area (TPSA) is 47.6 Å². The van der Waals surface area contributed by atoms with Gasteiger partial charge in [-0.05, 0) is 42.8 Å². The first-order valence-corrected chi connectivity index (χ1v) is 9.09. The minimum atomic E-state index is -0.672. The van der Waals surface area contributed by atoms with Gasteiger partial charge in [0.25, 0.3) is 5.91 Å². The lowest BCUT2D eigenvalue weighted by atomic mass is 10.2. The van der Waals surface area contributed by atoms with Gasteiger partial charge >= 0.3 is 0 Å². The van der Waals surface area contributed by atoms with Crippen LogP contribution in [0.15, 0.2) is 78.9 Å². The number of carbonyl (C=O) groups excluding carboxylic acids is 1. The average Bonchev–Trinajstić information content (AvgIpc) is 2.69. The number of carbonyl (C=O) groups is 1. The third-order valence-electron chi connectivity index (χ3n) is 3.89. The third-order valence-corrected chi connectivity index (χ3v) is 4.20. The van der Waals surface area contributed by atoms with E-state index in [0.717, 1.165) is 0 Å². The molecule has 138 valence electrons. The van der Waals surface area contributed by atoms with Gasteiger partial charge in [0.15, 0.2) is 11.9 Å². The Balaban J connectivity index is 1.74. The van der Waals surface area contributed by atoms with E-state index in [0.29, 0.717) is 34.4 Å². The van der Waals surface area contributed by atoms with Crippen molar-refractivity contribution in [3.8, 4) is 17.2 Å². The molecule has 0 aliphatic heterocycles. The minimum Gasteiger partial charge on any atom is -0.479 e. The van der Waals surface area contributed by atoms with Crippen LogP contribution in [0.4, 0.5) is 5.69 Å². The fourth-order valence-electron chi connectivity index (χ4n) is 2.50.